The van der Waals surface area contributed by atoms with Crippen molar-refractivity contribution in [2.45, 2.75) is 13.3 Å². The molecule has 0 fully saturated rings. The average molecular weight is 355 g/mol. The van der Waals surface area contributed by atoms with E-state index in [1.807, 2.05) is 42.5 Å². The van der Waals surface area contributed by atoms with Crippen LogP contribution in [0.5, 0.6) is 0 Å². The van der Waals surface area contributed by atoms with Crippen LogP contribution in [-0.2, 0) is 6.42 Å². The molecule has 4 aromatic rings. The van der Waals surface area contributed by atoms with E-state index >= 15 is 0 Å². The van der Waals surface area contributed by atoms with Gasteiger partial charge in [-0.05, 0) is 29.5 Å². The number of benzene rings is 3. The highest BCUT2D eigenvalue weighted by Gasteiger charge is 2.11. The smallest absolute Gasteiger partial charge is 0.159 e. The summed E-state index contributed by atoms with van der Waals surface area (Å²) in [6, 6.07) is 22.5. The predicted octanol–water partition coefficient (Wildman–Crippen LogP) is 5.26. The molecule has 0 saturated carbocycles. The Balaban J connectivity index is 1.68. The lowest BCUT2D eigenvalue weighted by atomic mass is 10.1. The summed E-state index contributed by atoms with van der Waals surface area (Å²) in [5, 5.41) is 8.97. The quantitative estimate of drug-likeness (QED) is 0.455. The topological polar surface area (TPSA) is 75.9 Å². The minimum absolute atomic E-state index is 0.483. The first-order chi connectivity index (χ1) is 13.3. The summed E-state index contributed by atoms with van der Waals surface area (Å²) in [7, 11) is 0. The van der Waals surface area contributed by atoms with Gasteiger partial charge in [-0.1, -0.05) is 61.5 Å². The number of aromatic nitrogens is 2. The molecule has 4 rings (SSSR count). The van der Waals surface area contributed by atoms with Gasteiger partial charge in [0.2, 0.25) is 0 Å². The number of aryl methyl sites for hydroxylation is 1. The Morgan fingerprint density at radius 1 is 0.778 bits per heavy atom. The Morgan fingerprint density at radius 2 is 1.41 bits per heavy atom. The van der Waals surface area contributed by atoms with Crippen LogP contribution in [0.15, 0.2) is 73.1 Å². The normalized spacial score (nSPS) is 10.7. The van der Waals surface area contributed by atoms with Crippen molar-refractivity contribution in [3.05, 3.63) is 78.6 Å². The number of para-hydroxylation sites is 1. The summed E-state index contributed by atoms with van der Waals surface area (Å²) < 4.78 is 0. The Labute approximate surface area is 158 Å². The molecule has 1 heterocycles. The second-order valence-electron chi connectivity index (χ2n) is 6.27. The minimum Gasteiger partial charge on any atom is -0.393 e. The van der Waals surface area contributed by atoms with Crippen LogP contribution in [-0.4, -0.2) is 9.97 Å². The van der Waals surface area contributed by atoms with Gasteiger partial charge in [-0.25, -0.2) is 9.97 Å². The molecule has 27 heavy (non-hydrogen) atoms. The molecule has 0 unspecified atom stereocenters. The molecule has 5 nitrogen and oxygen atoms in total. The first kappa shape index (κ1) is 16.8. The van der Waals surface area contributed by atoms with Gasteiger partial charge in [0, 0.05) is 16.8 Å². The second-order valence-corrected chi connectivity index (χ2v) is 6.27. The monoisotopic (exact) mass is 355 g/mol. The van der Waals surface area contributed by atoms with E-state index in [0.29, 0.717) is 17.3 Å². The number of rotatable bonds is 5. The lowest BCUT2D eigenvalue weighted by Gasteiger charge is -2.15. The molecule has 0 saturated heterocycles. The van der Waals surface area contributed by atoms with Gasteiger partial charge in [0.25, 0.3) is 0 Å². The second kappa shape index (κ2) is 7.33. The predicted molar refractivity (Wildman–Crippen MR) is 113 cm³/mol. The zero-order chi connectivity index (χ0) is 18.6. The van der Waals surface area contributed by atoms with Crippen molar-refractivity contribution in [3.8, 4) is 0 Å². The number of nitrogens with two attached hydrogens (primary N) is 1. The van der Waals surface area contributed by atoms with Crippen molar-refractivity contribution in [3.63, 3.8) is 0 Å². The molecule has 0 aliphatic rings. The molecule has 3 aromatic carbocycles. The van der Waals surface area contributed by atoms with Gasteiger partial charge >= 0.3 is 0 Å². The van der Waals surface area contributed by atoms with E-state index < -0.39 is 0 Å². The van der Waals surface area contributed by atoms with Crippen LogP contribution < -0.4 is 16.4 Å². The largest absolute Gasteiger partial charge is 0.393 e. The molecule has 1 aromatic heterocycles. The summed E-state index contributed by atoms with van der Waals surface area (Å²) >= 11 is 0. The zero-order valence-corrected chi connectivity index (χ0v) is 15.1. The Hall–Kier alpha value is -3.60. The molecule has 134 valence electrons. The third-order valence-corrected chi connectivity index (χ3v) is 4.58. The van der Waals surface area contributed by atoms with Crippen LogP contribution in [0, 0.1) is 0 Å². The first-order valence-electron chi connectivity index (χ1n) is 8.96. The first-order valence-corrected chi connectivity index (χ1v) is 8.96. The molecule has 5 heteroatoms. The van der Waals surface area contributed by atoms with E-state index in [2.05, 4.69) is 51.8 Å². The van der Waals surface area contributed by atoms with Crippen molar-refractivity contribution in [1.82, 2.24) is 9.97 Å². The number of nitrogen functional groups attached to an aromatic ring is 1. The van der Waals surface area contributed by atoms with Gasteiger partial charge < -0.3 is 16.4 Å². The van der Waals surface area contributed by atoms with Gasteiger partial charge in [0.05, 0.1) is 0 Å². The van der Waals surface area contributed by atoms with Crippen molar-refractivity contribution in [2.75, 3.05) is 16.4 Å². The highest BCUT2D eigenvalue weighted by atomic mass is 15.1. The number of anilines is 5. The van der Waals surface area contributed by atoms with Gasteiger partial charge in [-0.2, -0.15) is 0 Å². The Morgan fingerprint density at radius 3 is 2.22 bits per heavy atom. The molecular weight excluding hydrogens is 334 g/mol. The van der Waals surface area contributed by atoms with E-state index in [4.69, 9.17) is 5.73 Å². The number of hydrogen-bond donors (Lipinski definition) is 3. The van der Waals surface area contributed by atoms with Gasteiger partial charge in [0.1, 0.15) is 12.0 Å². The molecule has 0 amide bonds. The maximum absolute atomic E-state index is 6.36. The fourth-order valence-corrected chi connectivity index (χ4v) is 3.13. The van der Waals surface area contributed by atoms with Crippen molar-refractivity contribution < 1.29 is 0 Å². The van der Waals surface area contributed by atoms with E-state index in [0.717, 1.165) is 28.6 Å². The average Bonchev–Trinajstić information content (AvgIpc) is 2.71. The fourth-order valence-electron chi connectivity index (χ4n) is 3.13. The fraction of sp³-hybridized carbons (Fsp3) is 0.0909. The van der Waals surface area contributed by atoms with Gasteiger partial charge in [0.15, 0.2) is 11.6 Å². The van der Waals surface area contributed by atoms with Crippen LogP contribution in [0.1, 0.15) is 12.5 Å². The SMILES string of the molecule is CCc1ccccc1Nc1ncnc(Nc2cccc3ccccc23)c1N. The van der Waals surface area contributed by atoms with Crippen molar-refractivity contribution in [1.29, 1.82) is 0 Å². The third kappa shape index (κ3) is 3.40. The summed E-state index contributed by atoms with van der Waals surface area (Å²) in [6.07, 6.45) is 2.44. The summed E-state index contributed by atoms with van der Waals surface area (Å²) in [4.78, 5) is 8.66. The van der Waals surface area contributed by atoms with Crippen molar-refractivity contribution in [2.24, 2.45) is 0 Å². The van der Waals surface area contributed by atoms with Gasteiger partial charge in [-0.3, -0.25) is 0 Å². The summed E-state index contributed by atoms with van der Waals surface area (Å²) in [5.41, 5.74) is 10.0. The Kier molecular flexibility index (Phi) is 4.58. The van der Waals surface area contributed by atoms with Crippen molar-refractivity contribution >= 4 is 39.5 Å². The maximum atomic E-state index is 6.36. The third-order valence-electron chi connectivity index (χ3n) is 4.58. The van der Waals surface area contributed by atoms with E-state index in [9.17, 15) is 0 Å². The molecule has 0 radical (unpaired) electrons. The molecule has 0 atom stereocenters. The number of fused-ring (bicyclic) bond motifs is 1. The lowest BCUT2D eigenvalue weighted by Crippen LogP contribution is -2.06. The number of hydrogen-bond acceptors (Lipinski definition) is 5. The van der Waals surface area contributed by atoms with Crippen LogP contribution in [0.25, 0.3) is 10.8 Å². The molecule has 0 aliphatic carbocycles. The van der Waals surface area contributed by atoms with Crippen LogP contribution in [0.3, 0.4) is 0 Å². The molecule has 0 aliphatic heterocycles. The molecule has 0 bridgehead atoms. The van der Waals surface area contributed by atoms with Crippen LogP contribution in [0.2, 0.25) is 0 Å². The highest BCUT2D eigenvalue weighted by Crippen LogP contribution is 2.31. The van der Waals surface area contributed by atoms with E-state index in [1.54, 1.807) is 0 Å². The van der Waals surface area contributed by atoms with E-state index in [1.165, 1.54) is 11.9 Å². The molecular formula is C22H21N5. The zero-order valence-electron chi connectivity index (χ0n) is 15.1. The van der Waals surface area contributed by atoms with Gasteiger partial charge in [-0.15, -0.1) is 0 Å². The lowest BCUT2D eigenvalue weighted by molar-refractivity contribution is 1.13. The number of nitrogens with zero attached hydrogens (tertiary/aromatic N) is 2. The number of nitrogens with one attached hydrogen (secondary N) is 2. The summed E-state index contributed by atoms with van der Waals surface area (Å²) in [6.45, 7) is 2.12. The highest BCUT2D eigenvalue weighted by molar-refractivity contribution is 5.96. The van der Waals surface area contributed by atoms with Crippen LogP contribution >= 0.6 is 0 Å². The minimum atomic E-state index is 0.483. The van der Waals surface area contributed by atoms with E-state index in [-0.39, 0.29) is 0 Å². The standard InChI is InChI=1S/C22H21N5/c1-2-15-8-4-6-12-18(15)26-21-20(23)22(25-14-24-21)27-19-13-7-10-16-9-3-5-11-17(16)19/h3-14H,2,23H2,1H3,(H2,24,25,26,27). The maximum Gasteiger partial charge on any atom is 0.159 e. The van der Waals surface area contributed by atoms with Crippen LogP contribution in [0.4, 0.5) is 28.7 Å². The molecule has 0 spiro atoms. The Bertz CT molecular complexity index is 1090. The summed E-state index contributed by atoms with van der Waals surface area (Å²) in [5.74, 6) is 1.17. The molecule has 4 N–H and O–H groups in total.